The van der Waals surface area contributed by atoms with Crippen LogP contribution in [0, 0.1) is 0 Å². The lowest BCUT2D eigenvalue weighted by Gasteiger charge is -2.16. The Morgan fingerprint density at radius 1 is 1.24 bits per heavy atom. The zero-order valence-corrected chi connectivity index (χ0v) is 14.9. The third-order valence-electron chi connectivity index (χ3n) is 4.19. The van der Waals surface area contributed by atoms with Crippen molar-refractivity contribution >= 4 is 11.6 Å². The number of carbonyl (C=O) groups excluding carboxylic acids is 1. The first-order valence-corrected chi connectivity index (χ1v) is 8.45. The molecule has 0 aliphatic rings. The van der Waals surface area contributed by atoms with Gasteiger partial charge in [0.05, 0.1) is 24.4 Å². The average molecular weight is 341 g/mol. The van der Waals surface area contributed by atoms with Crippen LogP contribution in [0.3, 0.4) is 0 Å². The van der Waals surface area contributed by atoms with E-state index in [0.717, 1.165) is 30.8 Å². The van der Waals surface area contributed by atoms with Gasteiger partial charge in [0, 0.05) is 18.0 Å². The minimum absolute atomic E-state index is 0.287. The largest absolute Gasteiger partial charge is 0.507 e. The van der Waals surface area contributed by atoms with Crippen LogP contribution in [0.4, 0.5) is 0 Å². The number of nitrogens with zero attached hydrogens (tertiary/aromatic N) is 2. The topological polar surface area (TPSA) is 79.0 Å². The third kappa shape index (κ3) is 5.12. The maximum absolute atomic E-state index is 12.0. The van der Waals surface area contributed by atoms with E-state index in [0.29, 0.717) is 11.3 Å². The van der Waals surface area contributed by atoms with Gasteiger partial charge < -0.3 is 10.0 Å². The fourth-order valence-electron chi connectivity index (χ4n) is 2.48. The molecule has 1 aromatic carbocycles. The molecule has 0 bridgehead atoms. The summed E-state index contributed by atoms with van der Waals surface area (Å²) in [5, 5.41) is 14.3. The molecule has 2 rings (SSSR count). The van der Waals surface area contributed by atoms with Crippen LogP contribution in [0.15, 0.2) is 47.8 Å². The Morgan fingerprint density at radius 2 is 2.00 bits per heavy atom. The number of phenols is 1. The second-order valence-corrected chi connectivity index (χ2v) is 5.86. The summed E-state index contributed by atoms with van der Waals surface area (Å²) >= 11 is 0. The number of hydrazone groups is 1. The maximum atomic E-state index is 12.0. The van der Waals surface area contributed by atoms with Crippen LogP contribution in [0.2, 0.25) is 0 Å². The third-order valence-corrected chi connectivity index (χ3v) is 4.19. The predicted molar refractivity (Wildman–Crippen MR) is 97.8 cm³/mol. The summed E-state index contributed by atoms with van der Waals surface area (Å²) in [4.78, 5) is 17.3. The van der Waals surface area contributed by atoms with Crippen LogP contribution >= 0.6 is 0 Å². The molecule has 132 valence electrons. The molecule has 0 unspecified atom stereocenters. The fourth-order valence-corrected chi connectivity index (χ4v) is 2.48. The number of hydrogen-bond acceptors (Lipinski definition) is 4. The number of amides is 1. The lowest BCUT2D eigenvalue weighted by atomic mass is 10.1. The summed E-state index contributed by atoms with van der Waals surface area (Å²) < 4.78 is 0. The SMILES string of the molecule is CC[NH+](CC)Cc1cc(/C(C)=N/NC(=O)c2cccnc2)ccc1O. The van der Waals surface area contributed by atoms with Gasteiger partial charge in [0.1, 0.15) is 12.3 Å². The highest BCUT2D eigenvalue weighted by atomic mass is 16.3. The van der Waals surface area contributed by atoms with Crippen molar-refractivity contribution in [3.63, 3.8) is 0 Å². The number of aromatic nitrogens is 1. The predicted octanol–water partition coefficient (Wildman–Crippen LogP) is 1.37. The van der Waals surface area contributed by atoms with Gasteiger partial charge in [0.2, 0.25) is 0 Å². The number of pyridine rings is 1. The first kappa shape index (κ1) is 18.6. The van der Waals surface area contributed by atoms with E-state index in [1.165, 1.54) is 11.1 Å². The van der Waals surface area contributed by atoms with E-state index in [1.54, 1.807) is 30.5 Å². The molecule has 6 nitrogen and oxygen atoms in total. The first-order chi connectivity index (χ1) is 12.0. The summed E-state index contributed by atoms with van der Waals surface area (Å²) in [5.74, 6) is -0.0191. The highest BCUT2D eigenvalue weighted by molar-refractivity contribution is 6.01. The molecule has 0 aliphatic heterocycles. The summed E-state index contributed by atoms with van der Waals surface area (Å²) in [7, 11) is 0. The van der Waals surface area contributed by atoms with Gasteiger partial charge in [-0.25, -0.2) is 5.43 Å². The monoisotopic (exact) mass is 341 g/mol. The van der Waals surface area contributed by atoms with E-state index in [9.17, 15) is 9.90 Å². The van der Waals surface area contributed by atoms with Gasteiger partial charge in [0.25, 0.3) is 5.91 Å². The van der Waals surface area contributed by atoms with E-state index in [-0.39, 0.29) is 11.7 Å². The van der Waals surface area contributed by atoms with Gasteiger partial charge in [0.15, 0.2) is 0 Å². The van der Waals surface area contributed by atoms with E-state index >= 15 is 0 Å². The minimum Gasteiger partial charge on any atom is -0.507 e. The van der Waals surface area contributed by atoms with Gasteiger partial charge >= 0.3 is 0 Å². The number of carbonyl (C=O) groups is 1. The molecule has 0 saturated heterocycles. The van der Waals surface area contributed by atoms with Crippen molar-refractivity contribution in [3.8, 4) is 5.75 Å². The standard InChI is InChI=1S/C19H24N4O2/c1-4-23(5-2)13-17-11-15(8-9-18(17)24)14(3)21-22-19(25)16-7-6-10-20-12-16/h6-12,24H,4-5,13H2,1-3H3,(H,22,25)/p+1/b21-14+. The number of nitrogens with one attached hydrogen (secondary N) is 2. The zero-order valence-electron chi connectivity index (χ0n) is 14.9. The van der Waals surface area contributed by atoms with Crippen molar-refractivity contribution in [1.82, 2.24) is 10.4 Å². The Kier molecular flexibility index (Phi) is 6.65. The van der Waals surface area contributed by atoms with Crippen molar-refractivity contribution in [2.24, 2.45) is 5.10 Å². The van der Waals surface area contributed by atoms with Gasteiger partial charge in [-0.2, -0.15) is 5.10 Å². The molecule has 0 spiro atoms. The molecule has 0 aliphatic carbocycles. The van der Waals surface area contributed by atoms with E-state index in [4.69, 9.17) is 0 Å². The Bertz CT molecular complexity index is 740. The molecule has 3 N–H and O–H groups in total. The number of rotatable bonds is 7. The fraction of sp³-hybridized carbons (Fsp3) is 0.316. The summed E-state index contributed by atoms with van der Waals surface area (Å²) in [6, 6.07) is 8.78. The van der Waals surface area contributed by atoms with Gasteiger partial charge in [-0.05, 0) is 56.7 Å². The van der Waals surface area contributed by atoms with E-state index < -0.39 is 0 Å². The van der Waals surface area contributed by atoms with Crippen LogP contribution < -0.4 is 10.3 Å². The quantitative estimate of drug-likeness (QED) is 0.526. The smallest absolute Gasteiger partial charge is 0.272 e. The lowest BCUT2D eigenvalue weighted by molar-refractivity contribution is -0.910. The van der Waals surface area contributed by atoms with Gasteiger partial charge in [-0.15, -0.1) is 0 Å². The Hall–Kier alpha value is -2.73. The molecule has 6 heteroatoms. The molecule has 2 aromatic rings. The molecule has 0 atom stereocenters. The van der Waals surface area contributed by atoms with E-state index in [2.05, 4.69) is 29.4 Å². The summed E-state index contributed by atoms with van der Waals surface area (Å²) in [5.41, 5.74) is 5.41. The lowest BCUT2D eigenvalue weighted by Crippen LogP contribution is -3.10. The maximum Gasteiger partial charge on any atom is 0.272 e. The Labute approximate surface area is 148 Å². The van der Waals surface area contributed by atoms with Crippen molar-refractivity contribution in [1.29, 1.82) is 0 Å². The number of benzene rings is 1. The Balaban J connectivity index is 2.13. The van der Waals surface area contributed by atoms with Crippen molar-refractivity contribution in [2.75, 3.05) is 13.1 Å². The number of aromatic hydroxyl groups is 1. The molecular weight excluding hydrogens is 316 g/mol. The minimum atomic E-state index is -0.306. The zero-order chi connectivity index (χ0) is 18.2. The number of quaternary nitrogens is 1. The van der Waals surface area contributed by atoms with Crippen molar-refractivity contribution in [2.45, 2.75) is 27.3 Å². The Morgan fingerprint density at radius 3 is 2.64 bits per heavy atom. The van der Waals surface area contributed by atoms with Crippen LogP contribution in [-0.4, -0.2) is 34.8 Å². The first-order valence-electron chi connectivity index (χ1n) is 8.45. The average Bonchev–Trinajstić information content (AvgIpc) is 2.65. The second kappa shape index (κ2) is 8.94. The van der Waals surface area contributed by atoms with Crippen LogP contribution in [0.5, 0.6) is 5.75 Å². The van der Waals surface area contributed by atoms with Gasteiger partial charge in [-0.3, -0.25) is 9.78 Å². The van der Waals surface area contributed by atoms with Crippen LogP contribution in [0.1, 0.15) is 42.3 Å². The number of phenolic OH excluding ortho intramolecular Hbond substituents is 1. The van der Waals surface area contributed by atoms with E-state index in [1.807, 2.05) is 13.0 Å². The van der Waals surface area contributed by atoms with Crippen LogP contribution in [-0.2, 0) is 6.54 Å². The molecule has 0 radical (unpaired) electrons. The molecule has 1 aromatic heterocycles. The normalized spacial score (nSPS) is 11.6. The molecule has 1 amide bonds. The molecule has 25 heavy (non-hydrogen) atoms. The highest BCUT2D eigenvalue weighted by Gasteiger charge is 2.11. The van der Waals surface area contributed by atoms with Gasteiger partial charge in [-0.1, -0.05) is 0 Å². The summed E-state index contributed by atoms with van der Waals surface area (Å²) in [6.07, 6.45) is 3.10. The van der Waals surface area contributed by atoms with Crippen LogP contribution in [0.25, 0.3) is 0 Å². The van der Waals surface area contributed by atoms with Crippen molar-refractivity contribution < 1.29 is 14.8 Å². The van der Waals surface area contributed by atoms with Crippen molar-refractivity contribution in [3.05, 3.63) is 59.4 Å². The number of hydrogen-bond donors (Lipinski definition) is 3. The molecule has 0 fully saturated rings. The highest BCUT2D eigenvalue weighted by Crippen LogP contribution is 2.18. The second-order valence-electron chi connectivity index (χ2n) is 5.86. The summed E-state index contributed by atoms with van der Waals surface area (Å²) in [6.45, 7) is 8.82. The molecular formula is C19H25N4O2+. The molecule has 0 saturated carbocycles. The molecule has 1 heterocycles.